The predicted molar refractivity (Wildman–Crippen MR) is 104 cm³/mol. The molecule has 0 aliphatic rings. The number of amides is 3. The van der Waals surface area contributed by atoms with E-state index in [1.165, 1.54) is 7.05 Å². The van der Waals surface area contributed by atoms with Crippen LogP contribution in [0.2, 0.25) is 0 Å². The lowest BCUT2D eigenvalue weighted by Gasteiger charge is -2.23. The normalized spacial score (nSPS) is 11.8. The van der Waals surface area contributed by atoms with E-state index in [-0.39, 0.29) is 0 Å². The number of rotatable bonds is 6. The smallest absolute Gasteiger partial charge is 0.408 e. The molecule has 0 spiro atoms. The largest absolute Gasteiger partial charge is 0.462 e. The zero-order valence-corrected chi connectivity index (χ0v) is 18.3. The Kier molecular flexibility index (Phi) is 12.7. The Labute approximate surface area is 167 Å². The van der Waals surface area contributed by atoms with E-state index in [2.05, 4.69) is 16.0 Å². The molecule has 0 aromatic heterocycles. The summed E-state index contributed by atoms with van der Waals surface area (Å²) in [5.41, 5.74) is -1.44. The Hall–Kier alpha value is -2.52. The number of ether oxygens (including phenoxy) is 3. The van der Waals surface area contributed by atoms with Crippen molar-refractivity contribution in [2.24, 2.45) is 0 Å². The van der Waals surface area contributed by atoms with E-state index < -0.39 is 54.5 Å². The number of alkyl carbamates (subject to hydrolysis) is 2. The highest BCUT2D eigenvalue weighted by Crippen LogP contribution is 2.07. The van der Waals surface area contributed by atoms with Crippen LogP contribution < -0.4 is 16.0 Å². The molecule has 0 heterocycles. The van der Waals surface area contributed by atoms with Gasteiger partial charge >= 0.3 is 18.2 Å². The van der Waals surface area contributed by atoms with Crippen molar-refractivity contribution >= 4 is 24.1 Å². The van der Waals surface area contributed by atoms with Gasteiger partial charge in [-0.2, -0.15) is 0 Å². The third-order valence-electron chi connectivity index (χ3n) is 2.44. The molecule has 0 saturated heterocycles. The summed E-state index contributed by atoms with van der Waals surface area (Å²) in [5.74, 6) is -1.36. The van der Waals surface area contributed by atoms with Crippen LogP contribution >= 0.6 is 0 Å². The van der Waals surface area contributed by atoms with Gasteiger partial charge in [0, 0.05) is 7.05 Å². The Bertz CT molecular complexity index is 522. The third kappa shape index (κ3) is 15.7. The summed E-state index contributed by atoms with van der Waals surface area (Å²) in [6.45, 7) is 13.2. The van der Waals surface area contributed by atoms with Crippen LogP contribution in [0, 0.1) is 0 Å². The Balaban J connectivity index is 0. The van der Waals surface area contributed by atoms with Crippen LogP contribution in [0.15, 0.2) is 0 Å². The standard InChI is InChI=1S/C16H29N3O7.C2H6/c1-15(2,3)25-13(22)18-8-11(20)24-9-10(12(21)17-7)19-14(23)26-16(4,5)6;1-2/h10H,8-9H2,1-7H3,(H,17,21)(H,18,22)(H,19,23);1-2H3/t10-;/m0./s1. The first-order chi connectivity index (χ1) is 12.7. The van der Waals surface area contributed by atoms with E-state index in [0.717, 1.165) is 0 Å². The monoisotopic (exact) mass is 405 g/mol. The first-order valence-corrected chi connectivity index (χ1v) is 9.07. The summed E-state index contributed by atoms with van der Waals surface area (Å²) in [6, 6.07) is -1.14. The number of esters is 1. The molecule has 0 radical (unpaired) electrons. The van der Waals surface area contributed by atoms with Crippen molar-refractivity contribution in [3.05, 3.63) is 0 Å². The van der Waals surface area contributed by atoms with Crippen molar-refractivity contribution in [1.29, 1.82) is 0 Å². The molecule has 0 aliphatic heterocycles. The van der Waals surface area contributed by atoms with E-state index in [0.29, 0.717) is 0 Å². The first-order valence-electron chi connectivity index (χ1n) is 9.07. The average Bonchev–Trinajstić information content (AvgIpc) is 2.54. The molecule has 0 aromatic rings. The molecular weight excluding hydrogens is 370 g/mol. The molecule has 0 aliphatic carbocycles. The van der Waals surface area contributed by atoms with Crippen molar-refractivity contribution < 1.29 is 33.4 Å². The lowest BCUT2D eigenvalue weighted by Crippen LogP contribution is -2.50. The van der Waals surface area contributed by atoms with Crippen LogP contribution in [-0.2, 0) is 23.8 Å². The maximum atomic E-state index is 11.8. The molecular formula is C18H35N3O7. The van der Waals surface area contributed by atoms with Gasteiger partial charge in [0.25, 0.3) is 0 Å². The van der Waals surface area contributed by atoms with Gasteiger partial charge in [0.2, 0.25) is 5.91 Å². The van der Waals surface area contributed by atoms with Crippen LogP contribution in [0.3, 0.4) is 0 Å². The molecule has 0 saturated carbocycles. The van der Waals surface area contributed by atoms with Gasteiger partial charge in [-0.1, -0.05) is 13.8 Å². The van der Waals surface area contributed by atoms with Crippen molar-refractivity contribution in [3.63, 3.8) is 0 Å². The number of likely N-dealkylation sites (N-methyl/N-ethyl adjacent to an activating group) is 1. The molecule has 0 fully saturated rings. The van der Waals surface area contributed by atoms with Gasteiger partial charge in [-0.05, 0) is 41.5 Å². The minimum absolute atomic E-state index is 0.423. The summed E-state index contributed by atoms with van der Waals surface area (Å²) in [7, 11) is 1.37. The van der Waals surface area contributed by atoms with Gasteiger partial charge in [0.15, 0.2) is 0 Å². The maximum absolute atomic E-state index is 11.8. The van der Waals surface area contributed by atoms with Gasteiger partial charge in [-0.15, -0.1) is 0 Å². The topological polar surface area (TPSA) is 132 Å². The predicted octanol–water partition coefficient (Wildman–Crippen LogP) is 1.72. The van der Waals surface area contributed by atoms with Gasteiger partial charge in [0.1, 0.15) is 30.4 Å². The Morgan fingerprint density at radius 1 is 0.857 bits per heavy atom. The molecule has 10 nitrogen and oxygen atoms in total. The van der Waals surface area contributed by atoms with Crippen molar-refractivity contribution in [2.45, 2.75) is 72.6 Å². The van der Waals surface area contributed by atoms with Crippen LogP contribution in [0.25, 0.3) is 0 Å². The van der Waals surface area contributed by atoms with Gasteiger partial charge in [-0.3, -0.25) is 9.59 Å². The molecule has 3 amide bonds. The number of hydrogen-bond acceptors (Lipinski definition) is 7. The fourth-order valence-corrected chi connectivity index (χ4v) is 1.49. The average molecular weight is 405 g/mol. The number of carbonyl (C=O) groups is 4. The number of nitrogens with one attached hydrogen (secondary N) is 3. The highest BCUT2D eigenvalue weighted by molar-refractivity contribution is 5.86. The van der Waals surface area contributed by atoms with E-state index in [4.69, 9.17) is 14.2 Å². The van der Waals surface area contributed by atoms with Crippen molar-refractivity contribution in [1.82, 2.24) is 16.0 Å². The SMILES string of the molecule is CC.CNC(=O)[C@H](COC(=O)CNC(=O)OC(C)(C)C)NC(=O)OC(C)(C)C. The quantitative estimate of drug-likeness (QED) is 0.453. The molecule has 164 valence electrons. The second-order valence-electron chi connectivity index (χ2n) is 7.35. The van der Waals surface area contributed by atoms with Crippen molar-refractivity contribution in [2.75, 3.05) is 20.2 Å². The van der Waals surface area contributed by atoms with Gasteiger partial charge < -0.3 is 30.2 Å². The second kappa shape index (κ2) is 12.8. The summed E-state index contributed by atoms with van der Waals surface area (Å²) < 4.78 is 14.9. The lowest BCUT2D eigenvalue weighted by atomic mass is 10.2. The second-order valence-corrected chi connectivity index (χ2v) is 7.35. The summed E-state index contributed by atoms with van der Waals surface area (Å²) in [6.07, 6.45) is -1.60. The molecule has 0 rings (SSSR count). The fourth-order valence-electron chi connectivity index (χ4n) is 1.49. The molecule has 3 N–H and O–H groups in total. The number of hydrogen-bond donors (Lipinski definition) is 3. The van der Waals surface area contributed by atoms with Crippen LogP contribution in [0.1, 0.15) is 55.4 Å². The molecule has 0 unspecified atom stereocenters. The van der Waals surface area contributed by atoms with Crippen LogP contribution in [-0.4, -0.2) is 61.5 Å². The van der Waals surface area contributed by atoms with E-state index in [9.17, 15) is 19.2 Å². The fraction of sp³-hybridized carbons (Fsp3) is 0.778. The van der Waals surface area contributed by atoms with E-state index in [1.54, 1.807) is 41.5 Å². The maximum Gasteiger partial charge on any atom is 0.408 e. The van der Waals surface area contributed by atoms with Crippen molar-refractivity contribution in [3.8, 4) is 0 Å². The summed E-state index contributed by atoms with van der Waals surface area (Å²) in [5, 5.41) is 6.89. The minimum Gasteiger partial charge on any atom is -0.462 e. The molecule has 0 aromatic carbocycles. The summed E-state index contributed by atoms with van der Waals surface area (Å²) >= 11 is 0. The highest BCUT2D eigenvalue weighted by Gasteiger charge is 2.25. The molecule has 1 atom stereocenters. The Morgan fingerprint density at radius 3 is 1.75 bits per heavy atom. The lowest BCUT2D eigenvalue weighted by molar-refractivity contribution is -0.144. The Morgan fingerprint density at radius 2 is 1.32 bits per heavy atom. The van der Waals surface area contributed by atoms with Crippen LogP contribution in [0.4, 0.5) is 9.59 Å². The molecule has 28 heavy (non-hydrogen) atoms. The van der Waals surface area contributed by atoms with Gasteiger partial charge in [0.05, 0.1) is 0 Å². The van der Waals surface area contributed by atoms with E-state index in [1.807, 2.05) is 13.8 Å². The molecule has 10 heteroatoms. The van der Waals surface area contributed by atoms with Crippen LogP contribution in [0.5, 0.6) is 0 Å². The van der Waals surface area contributed by atoms with E-state index >= 15 is 0 Å². The highest BCUT2D eigenvalue weighted by atomic mass is 16.6. The third-order valence-corrected chi connectivity index (χ3v) is 2.44. The summed E-state index contributed by atoms with van der Waals surface area (Å²) in [4.78, 5) is 46.7. The molecule has 0 bridgehead atoms. The number of carbonyl (C=O) groups excluding carboxylic acids is 4. The first kappa shape index (κ1) is 27.7. The zero-order chi connectivity index (χ0) is 22.5. The zero-order valence-electron chi connectivity index (χ0n) is 18.3. The minimum atomic E-state index is -1.14. The van der Waals surface area contributed by atoms with Gasteiger partial charge in [-0.25, -0.2) is 9.59 Å².